The summed E-state index contributed by atoms with van der Waals surface area (Å²) in [6.07, 6.45) is 6.41. The molecule has 1 saturated carbocycles. The van der Waals surface area contributed by atoms with Gasteiger partial charge in [-0.15, -0.1) is 35.3 Å². The Morgan fingerprint density at radius 3 is 2.73 bits per heavy atom. The first-order chi connectivity index (χ1) is 10.3. The van der Waals surface area contributed by atoms with Crippen molar-refractivity contribution in [3.8, 4) is 0 Å². The Morgan fingerprint density at radius 2 is 2.14 bits per heavy atom. The maximum atomic E-state index is 5.29. The number of ether oxygens (including phenoxy) is 1. The smallest absolute Gasteiger partial charge is 0.191 e. The van der Waals surface area contributed by atoms with Gasteiger partial charge in [-0.3, -0.25) is 4.99 Å². The molecule has 0 saturated heterocycles. The second-order valence-electron chi connectivity index (χ2n) is 5.81. The van der Waals surface area contributed by atoms with Crippen LogP contribution in [-0.2, 0) is 11.3 Å². The Bertz CT molecular complexity index is 431. The summed E-state index contributed by atoms with van der Waals surface area (Å²) in [6, 6.07) is 4.22. The van der Waals surface area contributed by atoms with Crippen LogP contribution in [0.2, 0.25) is 0 Å². The van der Waals surface area contributed by atoms with Crippen molar-refractivity contribution in [1.82, 2.24) is 10.6 Å². The molecule has 1 heterocycles. The summed E-state index contributed by atoms with van der Waals surface area (Å²) in [5, 5.41) is 9.00. The van der Waals surface area contributed by atoms with Crippen molar-refractivity contribution in [2.75, 3.05) is 27.3 Å². The van der Waals surface area contributed by atoms with Crippen molar-refractivity contribution in [3.63, 3.8) is 0 Å². The third-order valence-electron chi connectivity index (χ3n) is 4.37. The van der Waals surface area contributed by atoms with Crippen molar-refractivity contribution in [1.29, 1.82) is 0 Å². The van der Waals surface area contributed by atoms with E-state index in [-0.39, 0.29) is 24.0 Å². The third-order valence-corrected chi connectivity index (χ3v) is 5.24. The highest BCUT2D eigenvalue weighted by molar-refractivity contribution is 14.0. The molecule has 22 heavy (non-hydrogen) atoms. The molecule has 0 aromatic carbocycles. The summed E-state index contributed by atoms with van der Waals surface area (Å²) in [7, 11) is 3.62. The maximum Gasteiger partial charge on any atom is 0.191 e. The van der Waals surface area contributed by atoms with Gasteiger partial charge < -0.3 is 15.4 Å². The molecule has 1 fully saturated rings. The second kappa shape index (κ2) is 10.4. The minimum atomic E-state index is 0. The highest BCUT2D eigenvalue weighted by Crippen LogP contribution is 2.40. The van der Waals surface area contributed by atoms with Crippen LogP contribution < -0.4 is 10.6 Å². The van der Waals surface area contributed by atoms with Gasteiger partial charge in [0.15, 0.2) is 5.96 Å². The Morgan fingerprint density at radius 1 is 1.36 bits per heavy atom. The second-order valence-corrected chi connectivity index (χ2v) is 6.84. The topological polar surface area (TPSA) is 45.7 Å². The number of halogens is 1. The van der Waals surface area contributed by atoms with Crippen molar-refractivity contribution >= 4 is 41.3 Å². The van der Waals surface area contributed by atoms with E-state index in [1.54, 1.807) is 18.4 Å². The Kier molecular flexibility index (Phi) is 9.35. The van der Waals surface area contributed by atoms with E-state index < -0.39 is 0 Å². The van der Waals surface area contributed by atoms with E-state index in [0.717, 1.165) is 32.1 Å². The van der Waals surface area contributed by atoms with Crippen molar-refractivity contribution in [3.05, 3.63) is 22.4 Å². The molecule has 1 aromatic rings. The molecule has 4 nitrogen and oxygen atoms in total. The number of guanidine groups is 1. The molecule has 126 valence electrons. The molecule has 1 aliphatic carbocycles. The summed E-state index contributed by atoms with van der Waals surface area (Å²) in [4.78, 5) is 5.65. The maximum absolute atomic E-state index is 5.29. The number of aliphatic imine (C=N–C) groups is 1. The average Bonchev–Trinajstić information content (AvgIpc) is 3.17. The number of hydrogen-bond acceptors (Lipinski definition) is 3. The van der Waals surface area contributed by atoms with Gasteiger partial charge >= 0.3 is 0 Å². The number of methoxy groups -OCH3 is 1. The first kappa shape index (κ1) is 19.7. The lowest BCUT2D eigenvalue weighted by molar-refractivity contribution is 0.138. The number of thiophene rings is 1. The van der Waals surface area contributed by atoms with Gasteiger partial charge in [-0.2, -0.15) is 0 Å². The molecule has 1 aliphatic rings. The fourth-order valence-corrected chi connectivity index (χ4v) is 3.68. The predicted octanol–water partition coefficient (Wildman–Crippen LogP) is 3.63. The molecule has 6 heteroatoms. The lowest BCUT2D eigenvalue weighted by Gasteiger charge is -2.29. The number of hydrogen-bond donors (Lipinski definition) is 2. The largest absolute Gasteiger partial charge is 0.385 e. The minimum Gasteiger partial charge on any atom is -0.385 e. The van der Waals surface area contributed by atoms with E-state index in [2.05, 4.69) is 33.1 Å². The molecule has 0 unspecified atom stereocenters. The van der Waals surface area contributed by atoms with E-state index in [0.29, 0.717) is 5.41 Å². The normalized spacial score (nSPS) is 17.1. The van der Waals surface area contributed by atoms with Crippen molar-refractivity contribution in [2.45, 2.75) is 38.6 Å². The molecule has 2 rings (SSSR count). The van der Waals surface area contributed by atoms with Crippen LogP contribution in [0.5, 0.6) is 0 Å². The standard InChI is InChI=1S/C16H27N3OS.HI/c1-17-15(18-12-14-6-5-11-21-14)19-13-16(9-10-20-2)7-3-4-8-16;/h5-6,11H,3-4,7-10,12-13H2,1-2H3,(H2,17,18,19);1H. The molecular weight excluding hydrogens is 409 g/mol. The summed E-state index contributed by atoms with van der Waals surface area (Å²) in [6.45, 7) is 2.67. The van der Waals surface area contributed by atoms with Crippen LogP contribution in [0.15, 0.2) is 22.5 Å². The molecule has 0 radical (unpaired) electrons. The summed E-state index contributed by atoms with van der Waals surface area (Å²) in [5.74, 6) is 0.895. The van der Waals surface area contributed by atoms with E-state index >= 15 is 0 Å². The van der Waals surface area contributed by atoms with E-state index in [1.165, 1.54) is 30.6 Å². The number of nitrogens with one attached hydrogen (secondary N) is 2. The van der Waals surface area contributed by atoms with Crippen LogP contribution >= 0.6 is 35.3 Å². The Hall–Kier alpha value is -0.340. The molecule has 0 atom stereocenters. The Balaban J connectivity index is 0.00000242. The zero-order valence-corrected chi connectivity index (χ0v) is 16.7. The highest BCUT2D eigenvalue weighted by atomic mass is 127. The number of nitrogens with zero attached hydrogens (tertiary/aromatic N) is 1. The van der Waals surface area contributed by atoms with Crippen LogP contribution in [0.4, 0.5) is 0 Å². The van der Waals surface area contributed by atoms with Crippen LogP contribution in [0.1, 0.15) is 37.0 Å². The highest BCUT2D eigenvalue weighted by Gasteiger charge is 2.33. The van der Waals surface area contributed by atoms with Crippen LogP contribution in [0, 0.1) is 5.41 Å². The molecule has 0 bridgehead atoms. The van der Waals surface area contributed by atoms with Gasteiger partial charge in [0.25, 0.3) is 0 Å². The number of rotatable bonds is 7. The summed E-state index contributed by atoms with van der Waals surface area (Å²) >= 11 is 1.77. The van der Waals surface area contributed by atoms with Gasteiger partial charge in [0, 0.05) is 32.2 Å². The van der Waals surface area contributed by atoms with Crippen LogP contribution in [0.25, 0.3) is 0 Å². The summed E-state index contributed by atoms with van der Waals surface area (Å²) in [5.41, 5.74) is 0.385. The zero-order valence-electron chi connectivity index (χ0n) is 13.6. The van der Waals surface area contributed by atoms with Gasteiger partial charge in [0.1, 0.15) is 0 Å². The fraction of sp³-hybridized carbons (Fsp3) is 0.688. The van der Waals surface area contributed by atoms with E-state index in [1.807, 2.05) is 7.05 Å². The van der Waals surface area contributed by atoms with Crippen molar-refractivity contribution in [2.24, 2.45) is 10.4 Å². The molecular formula is C16H28IN3OS. The lowest BCUT2D eigenvalue weighted by Crippen LogP contribution is -2.43. The fourth-order valence-electron chi connectivity index (χ4n) is 3.03. The summed E-state index contributed by atoms with van der Waals surface area (Å²) < 4.78 is 5.29. The molecule has 0 amide bonds. The molecule has 0 aliphatic heterocycles. The Labute approximate surface area is 155 Å². The predicted molar refractivity (Wildman–Crippen MR) is 105 cm³/mol. The average molecular weight is 437 g/mol. The third kappa shape index (κ3) is 6.04. The van der Waals surface area contributed by atoms with Crippen LogP contribution in [-0.4, -0.2) is 33.3 Å². The van der Waals surface area contributed by atoms with Gasteiger partial charge in [0.2, 0.25) is 0 Å². The zero-order chi connectivity index (χ0) is 15.0. The van der Waals surface area contributed by atoms with Gasteiger partial charge in [-0.05, 0) is 36.1 Å². The molecule has 2 N–H and O–H groups in total. The van der Waals surface area contributed by atoms with Crippen molar-refractivity contribution < 1.29 is 4.74 Å². The van der Waals surface area contributed by atoms with E-state index in [4.69, 9.17) is 4.74 Å². The SMILES string of the molecule is CN=C(NCc1cccs1)NCC1(CCOC)CCCC1.I. The van der Waals surface area contributed by atoms with Gasteiger partial charge in [-0.1, -0.05) is 18.9 Å². The minimum absolute atomic E-state index is 0. The molecule has 1 aromatic heterocycles. The monoisotopic (exact) mass is 437 g/mol. The first-order valence-electron chi connectivity index (χ1n) is 7.74. The van der Waals surface area contributed by atoms with Gasteiger partial charge in [-0.25, -0.2) is 0 Å². The quantitative estimate of drug-likeness (QED) is 0.389. The first-order valence-corrected chi connectivity index (χ1v) is 8.62. The molecule has 0 spiro atoms. The van der Waals surface area contributed by atoms with Gasteiger partial charge in [0.05, 0.1) is 6.54 Å². The lowest BCUT2D eigenvalue weighted by atomic mass is 9.83. The van der Waals surface area contributed by atoms with Crippen LogP contribution in [0.3, 0.4) is 0 Å². The van der Waals surface area contributed by atoms with E-state index in [9.17, 15) is 0 Å².